The standard InChI is InChI=1S/C11H10F2N4O5S.C2H5NO.CH4O/c12-6-1-2-8(13)7(3-6)11-16-9(22-17-11)4-14-23(20,21)15-5-10(18)19;1-2(3)4;1-2/h1-3,14-15H,4-5H2,(H,18,19);1H3,(H2,3,4);2H,1H3. The third-order valence-corrected chi connectivity index (χ3v) is 3.51. The van der Waals surface area contributed by atoms with Crippen LogP contribution in [0.15, 0.2) is 22.7 Å². The molecule has 29 heavy (non-hydrogen) atoms. The minimum atomic E-state index is -4.09. The number of aliphatic carboxylic acids is 1. The zero-order chi connectivity index (χ0) is 22.6. The maximum Gasteiger partial charge on any atom is 0.318 e. The molecule has 0 aliphatic rings. The first-order valence-corrected chi connectivity index (χ1v) is 8.93. The average Bonchev–Trinajstić information content (AvgIpc) is 3.11. The number of aromatic nitrogens is 2. The topological polar surface area (TPSA) is 198 Å². The van der Waals surface area contributed by atoms with E-state index in [1.54, 1.807) is 4.72 Å². The van der Waals surface area contributed by atoms with Crippen molar-refractivity contribution >= 4 is 22.1 Å². The Balaban J connectivity index is 0.00000116. The van der Waals surface area contributed by atoms with Gasteiger partial charge in [0.2, 0.25) is 17.6 Å². The predicted octanol–water partition coefficient (Wildman–Crippen LogP) is -0.876. The molecule has 0 aliphatic heterocycles. The minimum Gasteiger partial charge on any atom is -0.480 e. The quantitative estimate of drug-likeness (QED) is 0.364. The van der Waals surface area contributed by atoms with Gasteiger partial charge in [0.1, 0.15) is 18.2 Å². The second-order valence-corrected chi connectivity index (χ2v) is 6.37. The van der Waals surface area contributed by atoms with Crippen molar-refractivity contribution in [1.82, 2.24) is 19.6 Å². The molecule has 2 aromatic rings. The smallest absolute Gasteiger partial charge is 0.318 e. The van der Waals surface area contributed by atoms with Gasteiger partial charge in [0, 0.05) is 14.0 Å². The molecule has 0 radical (unpaired) electrons. The number of primary amides is 1. The van der Waals surface area contributed by atoms with Gasteiger partial charge in [0.25, 0.3) is 10.2 Å². The molecule has 0 spiro atoms. The number of carbonyl (C=O) groups excluding carboxylic acids is 1. The van der Waals surface area contributed by atoms with Crippen LogP contribution in [0.4, 0.5) is 8.78 Å². The van der Waals surface area contributed by atoms with E-state index < -0.39 is 40.9 Å². The number of rotatable bonds is 7. The number of carbonyl (C=O) groups is 2. The Kier molecular flexibility index (Phi) is 11.2. The molecule has 0 aliphatic carbocycles. The first-order chi connectivity index (χ1) is 13.5. The summed E-state index contributed by atoms with van der Waals surface area (Å²) >= 11 is 0. The number of nitrogens with two attached hydrogens (primary N) is 1. The normalized spacial score (nSPS) is 10.2. The summed E-state index contributed by atoms with van der Waals surface area (Å²) in [4.78, 5) is 23.2. The number of nitrogens with one attached hydrogen (secondary N) is 2. The first-order valence-electron chi connectivity index (χ1n) is 7.45. The fourth-order valence-corrected chi connectivity index (χ4v) is 2.20. The lowest BCUT2D eigenvalue weighted by molar-refractivity contribution is -0.135. The highest BCUT2D eigenvalue weighted by atomic mass is 32.2. The fourth-order valence-electron chi connectivity index (χ4n) is 1.47. The Morgan fingerprint density at radius 2 is 1.83 bits per heavy atom. The van der Waals surface area contributed by atoms with Gasteiger partial charge in [0.15, 0.2) is 0 Å². The number of aliphatic hydroxyl groups is 1. The summed E-state index contributed by atoms with van der Waals surface area (Å²) in [5, 5.41) is 18.8. The van der Waals surface area contributed by atoms with Gasteiger partial charge in [0.05, 0.1) is 12.1 Å². The Hall–Kier alpha value is -3.01. The molecule has 12 nitrogen and oxygen atoms in total. The van der Waals surface area contributed by atoms with Crippen LogP contribution in [-0.4, -0.2) is 54.3 Å². The molecule has 1 aromatic heterocycles. The molecule has 0 atom stereocenters. The summed E-state index contributed by atoms with van der Waals surface area (Å²) in [7, 11) is -3.09. The Morgan fingerprint density at radius 1 is 1.24 bits per heavy atom. The van der Waals surface area contributed by atoms with Crippen molar-refractivity contribution < 1.29 is 41.5 Å². The predicted molar refractivity (Wildman–Crippen MR) is 94.1 cm³/mol. The Morgan fingerprint density at radius 3 is 2.38 bits per heavy atom. The molecule has 1 aromatic carbocycles. The van der Waals surface area contributed by atoms with E-state index >= 15 is 0 Å². The van der Waals surface area contributed by atoms with E-state index in [0.717, 1.165) is 25.3 Å². The average molecular weight is 439 g/mol. The van der Waals surface area contributed by atoms with Gasteiger partial charge in [-0.15, -0.1) is 0 Å². The number of carboxylic acid groups (broad SMARTS) is 1. The molecule has 0 saturated carbocycles. The van der Waals surface area contributed by atoms with Gasteiger partial charge in [-0.3, -0.25) is 9.59 Å². The van der Waals surface area contributed by atoms with Crippen molar-refractivity contribution in [2.45, 2.75) is 13.5 Å². The zero-order valence-electron chi connectivity index (χ0n) is 15.2. The third kappa shape index (κ3) is 10.8. The molecule has 0 saturated heterocycles. The van der Waals surface area contributed by atoms with Crippen LogP contribution in [0.25, 0.3) is 11.4 Å². The van der Waals surface area contributed by atoms with Crippen molar-refractivity contribution in [3.05, 3.63) is 35.7 Å². The third-order valence-electron chi connectivity index (χ3n) is 2.46. The second-order valence-electron chi connectivity index (χ2n) is 4.79. The Labute approximate surface area is 163 Å². The van der Waals surface area contributed by atoms with Gasteiger partial charge in [-0.2, -0.15) is 22.8 Å². The van der Waals surface area contributed by atoms with Crippen molar-refractivity contribution in [2.24, 2.45) is 5.73 Å². The largest absolute Gasteiger partial charge is 0.480 e. The summed E-state index contributed by atoms with van der Waals surface area (Å²) in [6.45, 7) is 0.0395. The number of carboxylic acids is 1. The summed E-state index contributed by atoms with van der Waals surface area (Å²) in [6.07, 6.45) is 0. The van der Waals surface area contributed by atoms with E-state index in [-0.39, 0.29) is 23.2 Å². The van der Waals surface area contributed by atoms with E-state index in [9.17, 15) is 26.8 Å². The number of halogens is 2. The van der Waals surface area contributed by atoms with Crippen molar-refractivity contribution in [2.75, 3.05) is 13.7 Å². The van der Waals surface area contributed by atoms with Gasteiger partial charge in [-0.1, -0.05) is 5.16 Å². The molecule has 2 rings (SSSR count). The number of amides is 1. The molecule has 0 unspecified atom stereocenters. The van der Waals surface area contributed by atoms with Crippen LogP contribution in [0.2, 0.25) is 0 Å². The summed E-state index contributed by atoms with van der Waals surface area (Å²) in [5.41, 5.74) is 4.23. The van der Waals surface area contributed by atoms with Crippen LogP contribution in [0.3, 0.4) is 0 Å². The lowest BCUT2D eigenvalue weighted by Crippen LogP contribution is -2.38. The molecule has 1 amide bonds. The molecule has 15 heteroatoms. The maximum atomic E-state index is 13.6. The van der Waals surface area contributed by atoms with Crippen molar-refractivity contribution in [3.63, 3.8) is 0 Å². The summed E-state index contributed by atoms with van der Waals surface area (Å²) in [5.74, 6) is -3.65. The summed E-state index contributed by atoms with van der Waals surface area (Å²) < 4.78 is 57.9. The van der Waals surface area contributed by atoms with Gasteiger partial charge < -0.3 is 20.5 Å². The number of benzene rings is 1. The monoisotopic (exact) mass is 439 g/mol. The lowest BCUT2D eigenvalue weighted by atomic mass is 10.2. The lowest BCUT2D eigenvalue weighted by Gasteiger charge is -2.03. The highest BCUT2D eigenvalue weighted by molar-refractivity contribution is 7.87. The van der Waals surface area contributed by atoms with Crippen LogP contribution in [0.5, 0.6) is 0 Å². The number of aliphatic hydroxyl groups excluding tert-OH is 1. The van der Waals surface area contributed by atoms with Gasteiger partial charge in [-0.25, -0.2) is 8.78 Å². The van der Waals surface area contributed by atoms with Crippen LogP contribution in [0.1, 0.15) is 12.8 Å². The van der Waals surface area contributed by atoms with Gasteiger partial charge in [-0.05, 0) is 18.2 Å². The highest BCUT2D eigenvalue weighted by Gasteiger charge is 2.16. The molecule has 0 bridgehead atoms. The Bertz CT molecular complexity index is 917. The van der Waals surface area contributed by atoms with E-state index in [2.05, 4.69) is 15.9 Å². The molecule has 162 valence electrons. The number of hydrogen-bond acceptors (Lipinski definition) is 8. The van der Waals surface area contributed by atoms with Crippen LogP contribution in [0, 0.1) is 11.6 Å². The van der Waals surface area contributed by atoms with E-state index in [4.69, 9.17) is 14.7 Å². The van der Waals surface area contributed by atoms with Crippen LogP contribution >= 0.6 is 0 Å². The van der Waals surface area contributed by atoms with Crippen LogP contribution in [-0.2, 0) is 26.3 Å². The molecule has 6 N–H and O–H groups in total. The van der Waals surface area contributed by atoms with Crippen molar-refractivity contribution in [1.29, 1.82) is 0 Å². The second kappa shape index (κ2) is 12.4. The highest BCUT2D eigenvalue weighted by Crippen LogP contribution is 2.20. The minimum absolute atomic E-state index is 0.218. The summed E-state index contributed by atoms with van der Waals surface area (Å²) in [6, 6.07) is 2.67. The molecular formula is C14H19F2N5O7S. The van der Waals surface area contributed by atoms with E-state index in [1.165, 1.54) is 6.92 Å². The SMILES string of the molecule is CC(N)=O.CO.O=C(O)CNS(=O)(=O)NCc1nc(-c2cc(F)ccc2F)no1. The molecular weight excluding hydrogens is 420 g/mol. The maximum absolute atomic E-state index is 13.6. The van der Waals surface area contributed by atoms with Gasteiger partial charge >= 0.3 is 5.97 Å². The zero-order valence-corrected chi connectivity index (χ0v) is 16.0. The number of nitrogens with zero attached hydrogens (tertiary/aromatic N) is 2. The van der Waals surface area contributed by atoms with Crippen LogP contribution < -0.4 is 15.2 Å². The van der Waals surface area contributed by atoms with E-state index in [0.29, 0.717) is 0 Å². The molecule has 1 heterocycles. The first kappa shape index (κ1) is 26.0. The number of hydrogen-bond donors (Lipinski definition) is 5. The van der Waals surface area contributed by atoms with Crippen molar-refractivity contribution in [3.8, 4) is 11.4 Å². The fraction of sp³-hybridized carbons (Fsp3) is 0.286. The van der Waals surface area contributed by atoms with E-state index in [1.807, 2.05) is 4.72 Å². The molecule has 0 fully saturated rings.